The van der Waals surface area contributed by atoms with Gasteiger partial charge in [0.25, 0.3) is 5.91 Å². The van der Waals surface area contributed by atoms with Gasteiger partial charge in [-0.05, 0) is 39.5 Å². The molecule has 180 valence electrons. The van der Waals surface area contributed by atoms with Crippen molar-refractivity contribution in [1.82, 2.24) is 24.6 Å². The average molecular weight is 457 g/mol. The number of hydrogen-bond acceptors (Lipinski definition) is 6. The molecule has 2 amide bonds. The van der Waals surface area contributed by atoms with E-state index in [2.05, 4.69) is 22.3 Å². The summed E-state index contributed by atoms with van der Waals surface area (Å²) in [6, 6.07) is 0.257. The van der Waals surface area contributed by atoms with Gasteiger partial charge in [0.2, 0.25) is 0 Å². The van der Waals surface area contributed by atoms with Gasteiger partial charge in [-0.25, -0.2) is 14.5 Å². The number of aromatic nitrogens is 3. The van der Waals surface area contributed by atoms with Crippen molar-refractivity contribution in [3.8, 4) is 0 Å². The zero-order chi connectivity index (χ0) is 23.4. The van der Waals surface area contributed by atoms with E-state index in [0.717, 1.165) is 23.3 Å². The van der Waals surface area contributed by atoms with E-state index in [1.54, 1.807) is 22.9 Å². The van der Waals surface area contributed by atoms with Crippen LogP contribution >= 0.6 is 0 Å². The minimum atomic E-state index is -0.316. The molecule has 0 radical (unpaired) electrons. The molecule has 0 bridgehead atoms. The highest BCUT2D eigenvalue weighted by Crippen LogP contribution is 2.32. The van der Waals surface area contributed by atoms with Crippen LogP contribution in [0.15, 0.2) is 12.4 Å². The summed E-state index contributed by atoms with van der Waals surface area (Å²) in [5.74, 6) is 0.537. The molecule has 2 aliphatic rings. The Labute approximate surface area is 195 Å². The molecule has 1 N–H and O–H groups in total. The quantitative estimate of drug-likeness (QED) is 0.712. The van der Waals surface area contributed by atoms with Crippen LogP contribution < -0.4 is 5.32 Å². The Kier molecular flexibility index (Phi) is 7.35. The largest absolute Gasteiger partial charge is 0.450 e. The van der Waals surface area contributed by atoms with E-state index in [0.29, 0.717) is 44.3 Å². The summed E-state index contributed by atoms with van der Waals surface area (Å²) >= 11 is 0. The van der Waals surface area contributed by atoms with Crippen molar-refractivity contribution in [2.24, 2.45) is 5.92 Å². The molecule has 3 heterocycles. The number of rotatable bonds is 6. The first-order valence-electron chi connectivity index (χ1n) is 12.4. The summed E-state index contributed by atoms with van der Waals surface area (Å²) in [6.07, 6.45) is 9.48. The highest BCUT2D eigenvalue weighted by Gasteiger charge is 2.29. The highest BCUT2D eigenvalue weighted by atomic mass is 16.6. The van der Waals surface area contributed by atoms with Gasteiger partial charge in [0.15, 0.2) is 5.65 Å². The van der Waals surface area contributed by atoms with Crippen molar-refractivity contribution in [1.29, 1.82) is 0 Å². The van der Waals surface area contributed by atoms with Gasteiger partial charge in [0.05, 0.1) is 29.4 Å². The van der Waals surface area contributed by atoms with Gasteiger partial charge in [-0.3, -0.25) is 4.79 Å². The van der Waals surface area contributed by atoms with Gasteiger partial charge in [0.1, 0.15) is 0 Å². The number of amides is 2. The first kappa shape index (κ1) is 23.3. The lowest BCUT2D eigenvalue weighted by Gasteiger charge is -2.35. The second-order valence-electron chi connectivity index (χ2n) is 9.05. The molecule has 1 saturated heterocycles. The minimum Gasteiger partial charge on any atom is -0.450 e. The molecule has 2 aromatic rings. The molecule has 9 heteroatoms. The normalized spacial score (nSPS) is 18.4. The summed E-state index contributed by atoms with van der Waals surface area (Å²) in [4.78, 5) is 33.7. The average Bonchev–Trinajstić information content (AvgIpc) is 3.28. The second-order valence-corrected chi connectivity index (χ2v) is 9.05. The Morgan fingerprint density at radius 1 is 1.09 bits per heavy atom. The lowest BCUT2D eigenvalue weighted by atomic mass is 9.84. The number of ether oxygens (including phenoxy) is 1. The molecule has 1 saturated carbocycles. The third-order valence-corrected chi connectivity index (χ3v) is 7.02. The van der Waals surface area contributed by atoms with Crippen LogP contribution in [0.3, 0.4) is 0 Å². The molecule has 1 atom stereocenters. The van der Waals surface area contributed by atoms with Gasteiger partial charge in [-0.2, -0.15) is 5.10 Å². The molecule has 4 rings (SSSR count). The molecule has 1 aliphatic carbocycles. The number of nitrogens with one attached hydrogen (secondary N) is 1. The van der Waals surface area contributed by atoms with E-state index in [-0.39, 0.29) is 18.0 Å². The number of hydrogen-bond donors (Lipinski definition) is 1. The maximum Gasteiger partial charge on any atom is 0.409 e. The van der Waals surface area contributed by atoms with E-state index in [4.69, 9.17) is 4.74 Å². The summed E-state index contributed by atoms with van der Waals surface area (Å²) in [5, 5.41) is 9.07. The number of aryl methyl sites for hydroxylation is 1. The van der Waals surface area contributed by atoms with Crippen LogP contribution in [0, 0.1) is 5.92 Å². The third kappa shape index (κ3) is 4.91. The first-order valence-corrected chi connectivity index (χ1v) is 12.4. The number of nitrogens with zero attached hydrogens (tertiary/aromatic N) is 5. The Bertz CT molecular complexity index is 976. The predicted octanol–water partition coefficient (Wildman–Crippen LogP) is 3.75. The van der Waals surface area contributed by atoms with Crippen molar-refractivity contribution < 1.29 is 14.3 Å². The zero-order valence-corrected chi connectivity index (χ0v) is 20.0. The molecule has 33 heavy (non-hydrogen) atoms. The summed E-state index contributed by atoms with van der Waals surface area (Å²) < 4.78 is 6.96. The van der Waals surface area contributed by atoms with Crippen LogP contribution in [0.1, 0.15) is 63.2 Å². The minimum absolute atomic E-state index is 0.0597. The zero-order valence-electron chi connectivity index (χ0n) is 20.0. The molecule has 0 aromatic carbocycles. The SMILES string of the molecule is CCOC(=O)N1CCN(C(=O)c2cnc3c(cnn3CC)c2N[C@H](C)C2CCCCC2)CC1. The van der Waals surface area contributed by atoms with E-state index in [1.807, 2.05) is 17.8 Å². The standard InChI is InChI=1S/C24H36N6O3/c1-4-30-22-19(16-26-30)21(27-17(3)18-9-7-6-8-10-18)20(15-25-22)23(31)28-11-13-29(14-12-28)24(32)33-5-2/h15-18H,4-14H2,1-3H3,(H,25,27)/t17-/m1/s1. The topological polar surface area (TPSA) is 92.6 Å². The number of piperazine rings is 1. The van der Waals surface area contributed by atoms with Crippen LogP contribution in [0.4, 0.5) is 10.5 Å². The molecule has 2 aromatic heterocycles. The maximum absolute atomic E-state index is 13.6. The van der Waals surface area contributed by atoms with Gasteiger partial charge < -0.3 is 19.9 Å². The van der Waals surface area contributed by atoms with Crippen molar-refractivity contribution in [3.63, 3.8) is 0 Å². The van der Waals surface area contributed by atoms with Crippen LogP contribution in [0.25, 0.3) is 11.0 Å². The summed E-state index contributed by atoms with van der Waals surface area (Å²) in [5.41, 5.74) is 2.19. The predicted molar refractivity (Wildman–Crippen MR) is 127 cm³/mol. The fraction of sp³-hybridized carbons (Fsp3) is 0.667. The van der Waals surface area contributed by atoms with Crippen molar-refractivity contribution >= 4 is 28.7 Å². The Hall–Kier alpha value is -2.84. The highest BCUT2D eigenvalue weighted by molar-refractivity contribution is 6.06. The molecule has 0 spiro atoms. The van der Waals surface area contributed by atoms with Gasteiger partial charge in [-0.15, -0.1) is 0 Å². The van der Waals surface area contributed by atoms with Crippen LogP contribution in [-0.4, -0.2) is 75.4 Å². The van der Waals surface area contributed by atoms with E-state index in [9.17, 15) is 9.59 Å². The first-order chi connectivity index (χ1) is 16.0. The lowest BCUT2D eigenvalue weighted by molar-refractivity contribution is 0.0571. The molecule has 1 aliphatic heterocycles. The van der Waals surface area contributed by atoms with Crippen LogP contribution in [0.2, 0.25) is 0 Å². The Morgan fingerprint density at radius 2 is 1.79 bits per heavy atom. The van der Waals surface area contributed by atoms with E-state index < -0.39 is 0 Å². The smallest absolute Gasteiger partial charge is 0.409 e. The molecular weight excluding hydrogens is 420 g/mol. The lowest BCUT2D eigenvalue weighted by Crippen LogP contribution is -2.50. The van der Waals surface area contributed by atoms with Crippen LogP contribution in [-0.2, 0) is 11.3 Å². The van der Waals surface area contributed by atoms with E-state index in [1.165, 1.54) is 32.1 Å². The number of anilines is 1. The maximum atomic E-state index is 13.6. The molecule has 0 unspecified atom stereocenters. The molecule has 9 nitrogen and oxygen atoms in total. The Morgan fingerprint density at radius 3 is 2.45 bits per heavy atom. The monoisotopic (exact) mass is 456 g/mol. The summed E-state index contributed by atoms with van der Waals surface area (Å²) in [6.45, 7) is 9.01. The van der Waals surface area contributed by atoms with Crippen molar-refractivity contribution in [2.75, 3.05) is 38.1 Å². The van der Waals surface area contributed by atoms with Crippen molar-refractivity contribution in [3.05, 3.63) is 18.0 Å². The van der Waals surface area contributed by atoms with Gasteiger partial charge in [0, 0.05) is 45.0 Å². The van der Waals surface area contributed by atoms with Gasteiger partial charge >= 0.3 is 6.09 Å². The van der Waals surface area contributed by atoms with Gasteiger partial charge in [-0.1, -0.05) is 19.3 Å². The second kappa shape index (κ2) is 10.4. The number of carbonyl (C=O) groups excluding carboxylic acids is 2. The van der Waals surface area contributed by atoms with Crippen molar-refractivity contribution in [2.45, 2.75) is 65.5 Å². The number of carbonyl (C=O) groups is 2. The fourth-order valence-corrected chi connectivity index (χ4v) is 5.03. The molecule has 2 fully saturated rings. The number of pyridine rings is 1. The fourth-order valence-electron chi connectivity index (χ4n) is 5.03. The molecular formula is C24H36N6O3. The Balaban J connectivity index is 1.58. The third-order valence-electron chi connectivity index (χ3n) is 7.02. The number of fused-ring (bicyclic) bond motifs is 1. The van der Waals surface area contributed by atoms with E-state index >= 15 is 0 Å². The summed E-state index contributed by atoms with van der Waals surface area (Å²) in [7, 11) is 0. The van der Waals surface area contributed by atoms with Crippen LogP contribution in [0.5, 0.6) is 0 Å².